The van der Waals surface area contributed by atoms with Crippen LogP contribution in [-0.4, -0.2) is 57.7 Å². The molecule has 1 aliphatic heterocycles. The highest BCUT2D eigenvalue weighted by Crippen LogP contribution is 2.44. The number of hydrogen-bond acceptors (Lipinski definition) is 2. The van der Waals surface area contributed by atoms with E-state index in [-0.39, 0.29) is 36.0 Å². The maximum atomic E-state index is 14.3. The number of benzene rings is 1. The smallest absolute Gasteiger partial charge is 0.431 e. The molecule has 1 unspecified atom stereocenters. The van der Waals surface area contributed by atoms with Crippen molar-refractivity contribution in [2.45, 2.75) is 59.3 Å². The van der Waals surface area contributed by atoms with E-state index in [9.17, 15) is 27.9 Å². The topological polar surface area (TPSA) is 65.8 Å². The molecule has 1 N–H and O–H groups in total. The van der Waals surface area contributed by atoms with Gasteiger partial charge in [0.1, 0.15) is 11.4 Å². The first kappa shape index (κ1) is 26.9. The fourth-order valence-corrected chi connectivity index (χ4v) is 5.42. The number of alkyl halides is 3. The molecule has 3 rings (SSSR count). The molecule has 0 radical (unpaired) electrons. The van der Waals surface area contributed by atoms with Crippen LogP contribution < -0.4 is 0 Å². The van der Waals surface area contributed by atoms with Crippen molar-refractivity contribution >= 4 is 23.6 Å². The summed E-state index contributed by atoms with van der Waals surface area (Å²) in [5.41, 5.74) is -0.821. The summed E-state index contributed by atoms with van der Waals surface area (Å²) in [5.74, 6) is -0.538. The summed E-state index contributed by atoms with van der Waals surface area (Å²) in [6.07, 6.45) is -5.32. The van der Waals surface area contributed by atoms with Crippen LogP contribution in [-0.2, 0) is 6.18 Å². The van der Waals surface area contributed by atoms with Crippen LogP contribution in [0.2, 0.25) is 5.02 Å². The van der Waals surface area contributed by atoms with E-state index in [4.69, 9.17) is 11.6 Å². The lowest BCUT2D eigenvalue weighted by Crippen LogP contribution is -2.57. The van der Waals surface area contributed by atoms with Crippen molar-refractivity contribution in [1.82, 2.24) is 14.4 Å². The summed E-state index contributed by atoms with van der Waals surface area (Å²) in [7, 11) is 1.58. The lowest BCUT2D eigenvalue weighted by atomic mass is 9.78. The number of rotatable bonds is 4. The van der Waals surface area contributed by atoms with E-state index < -0.39 is 35.3 Å². The molecule has 0 bridgehead atoms. The Morgan fingerprint density at radius 3 is 2.23 bits per heavy atom. The number of nitrogens with zero attached hydrogens (tertiary/aromatic N) is 3. The molecule has 35 heavy (non-hydrogen) atoms. The van der Waals surface area contributed by atoms with Crippen LogP contribution in [0.1, 0.15) is 61.9 Å². The van der Waals surface area contributed by atoms with Gasteiger partial charge in [-0.1, -0.05) is 37.6 Å². The molecule has 1 aliphatic rings. The molecule has 6 nitrogen and oxygen atoms in total. The van der Waals surface area contributed by atoms with E-state index in [0.29, 0.717) is 17.0 Å². The standard InChI is InChI=1S/C25H31ClF3N3O3/c1-14(2)32-20(22(33)30(6)18-11-12-31(23(34)35)13-24(18,4)5)19(15(3)21(32)25(27,28)29)16-7-9-17(26)10-8-16/h7-10,14,18H,11-13H2,1-6H3,(H,34,35). The Morgan fingerprint density at radius 1 is 1.20 bits per heavy atom. The second kappa shape index (κ2) is 9.41. The summed E-state index contributed by atoms with van der Waals surface area (Å²) in [6.45, 7) is 8.81. The highest BCUT2D eigenvalue weighted by molar-refractivity contribution is 6.30. The van der Waals surface area contributed by atoms with E-state index in [1.54, 1.807) is 45.2 Å². The second-order valence-electron chi connectivity index (χ2n) is 10.1. The average molecular weight is 514 g/mol. The number of carbonyl (C=O) groups excluding carboxylic acids is 1. The molecule has 2 heterocycles. The van der Waals surface area contributed by atoms with Gasteiger partial charge in [0.15, 0.2) is 0 Å². The highest BCUT2D eigenvalue weighted by Gasteiger charge is 2.45. The molecule has 10 heteroatoms. The van der Waals surface area contributed by atoms with Gasteiger partial charge >= 0.3 is 12.3 Å². The van der Waals surface area contributed by atoms with Gasteiger partial charge < -0.3 is 19.5 Å². The zero-order chi connectivity index (χ0) is 26.5. The number of carboxylic acid groups (broad SMARTS) is 1. The largest absolute Gasteiger partial charge is 0.465 e. The Hall–Kier alpha value is -2.68. The number of amides is 2. The molecule has 1 aromatic carbocycles. The van der Waals surface area contributed by atoms with Gasteiger partial charge in [0.05, 0.1) is 0 Å². The third kappa shape index (κ3) is 5.01. The number of piperidine rings is 1. The minimum Gasteiger partial charge on any atom is -0.465 e. The van der Waals surface area contributed by atoms with Crippen molar-refractivity contribution in [2.75, 3.05) is 20.1 Å². The number of hydrogen-bond donors (Lipinski definition) is 1. The predicted molar refractivity (Wildman–Crippen MR) is 129 cm³/mol. The average Bonchev–Trinajstić information content (AvgIpc) is 3.06. The molecule has 192 valence electrons. The molecular weight excluding hydrogens is 483 g/mol. The van der Waals surface area contributed by atoms with Crippen LogP contribution >= 0.6 is 11.6 Å². The zero-order valence-corrected chi connectivity index (χ0v) is 21.5. The van der Waals surface area contributed by atoms with Crippen molar-refractivity contribution in [3.63, 3.8) is 0 Å². The Bertz CT molecular complexity index is 1120. The van der Waals surface area contributed by atoms with E-state index in [1.807, 2.05) is 13.8 Å². The van der Waals surface area contributed by atoms with Gasteiger partial charge in [-0.05, 0) is 50.5 Å². The molecule has 1 fully saturated rings. The fourth-order valence-electron chi connectivity index (χ4n) is 5.29. The Morgan fingerprint density at radius 2 is 1.77 bits per heavy atom. The molecule has 0 saturated carbocycles. The quantitative estimate of drug-likeness (QED) is 0.503. The number of halogens is 4. The van der Waals surface area contributed by atoms with E-state index >= 15 is 0 Å². The predicted octanol–water partition coefficient (Wildman–Crippen LogP) is 6.57. The van der Waals surface area contributed by atoms with Crippen LogP contribution in [0.3, 0.4) is 0 Å². The summed E-state index contributed by atoms with van der Waals surface area (Å²) in [6, 6.07) is 5.38. The molecule has 1 atom stereocenters. The molecule has 1 saturated heterocycles. The SMILES string of the molecule is Cc1c(-c2ccc(Cl)cc2)c(C(=O)N(C)C2CCN(C(=O)O)CC2(C)C)n(C(C)C)c1C(F)(F)F. The Balaban J connectivity index is 2.20. The van der Waals surface area contributed by atoms with E-state index in [0.717, 1.165) is 4.57 Å². The highest BCUT2D eigenvalue weighted by atomic mass is 35.5. The van der Waals surface area contributed by atoms with Gasteiger partial charge in [0, 0.05) is 48.2 Å². The molecule has 1 aromatic heterocycles. The van der Waals surface area contributed by atoms with Crippen LogP contribution in [0.15, 0.2) is 24.3 Å². The molecule has 2 amide bonds. The number of carbonyl (C=O) groups is 2. The van der Waals surface area contributed by atoms with Crippen LogP contribution in [0, 0.1) is 12.3 Å². The fraction of sp³-hybridized carbons (Fsp3) is 0.520. The van der Waals surface area contributed by atoms with Gasteiger partial charge in [0.25, 0.3) is 5.91 Å². The van der Waals surface area contributed by atoms with E-state index in [1.165, 1.54) is 16.7 Å². The van der Waals surface area contributed by atoms with Crippen molar-refractivity contribution in [2.24, 2.45) is 5.41 Å². The lowest BCUT2D eigenvalue weighted by Gasteiger charge is -2.47. The number of aromatic nitrogens is 1. The lowest BCUT2D eigenvalue weighted by molar-refractivity contribution is -0.144. The van der Waals surface area contributed by atoms with E-state index in [2.05, 4.69) is 0 Å². The summed E-state index contributed by atoms with van der Waals surface area (Å²) < 4.78 is 43.9. The van der Waals surface area contributed by atoms with Crippen LogP contribution in [0.25, 0.3) is 11.1 Å². The van der Waals surface area contributed by atoms with Crippen molar-refractivity contribution in [1.29, 1.82) is 0 Å². The molecule has 0 aliphatic carbocycles. The minimum atomic E-state index is -4.67. The first-order chi connectivity index (χ1) is 16.1. The summed E-state index contributed by atoms with van der Waals surface area (Å²) >= 11 is 6.01. The summed E-state index contributed by atoms with van der Waals surface area (Å²) in [4.78, 5) is 28.3. The monoisotopic (exact) mass is 513 g/mol. The molecular formula is C25H31ClF3N3O3. The minimum absolute atomic E-state index is 0.0229. The van der Waals surface area contributed by atoms with Gasteiger partial charge in [-0.15, -0.1) is 0 Å². The van der Waals surface area contributed by atoms with Gasteiger partial charge in [0.2, 0.25) is 0 Å². The first-order valence-corrected chi connectivity index (χ1v) is 11.8. The molecule has 0 spiro atoms. The maximum Gasteiger partial charge on any atom is 0.431 e. The van der Waals surface area contributed by atoms with Gasteiger partial charge in [-0.2, -0.15) is 13.2 Å². The van der Waals surface area contributed by atoms with Gasteiger partial charge in [-0.25, -0.2) is 4.79 Å². The molecule has 2 aromatic rings. The second-order valence-corrected chi connectivity index (χ2v) is 10.5. The van der Waals surface area contributed by atoms with Crippen LogP contribution in [0.4, 0.5) is 18.0 Å². The third-order valence-corrected chi connectivity index (χ3v) is 7.05. The zero-order valence-electron chi connectivity index (χ0n) is 20.7. The van der Waals surface area contributed by atoms with Crippen molar-refractivity contribution in [3.05, 3.63) is 46.2 Å². The van der Waals surface area contributed by atoms with Crippen LogP contribution in [0.5, 0.6) is 0 Å². The Labute approximate surface area is 208 Å². The third-order valence-electron chi connectivity index (χ3n) is 6.80. The van der Waals surface area contributed by atoms with Crippen molar-refractivity contribution in [3.8, 4) is 11.1 Å². The maximum absolute atomic E-state index is 14.3. The normalized spacial score (nSPS) is 18.1. The summed E-state index contributed by atoms with van der Waals surface area (Å²) in [5, 5.41) is 9.83. The van der Waals surface area contributed by atoms with Gasteiger partial charge in [-0.3, -0.25) is 4.79 Å². The number of likely N-dealkylation sites (tertiary alicyclic amines) is 1. The van der Waals surface area contributed by atoms with Crippen molar-refractivity contribution < 1.29 is 27.9 Å². The first-order valence-electron chi connectivity index (χ1n) is 11.4. The Kier molecular flexibility index (Phi) is 7.24.